The molecule has 0 bridgehead atoms. The Kier molecular flexibility index (Phi) is 34.0. The highest BCUT2D eigenvalue weighted by atomic mass is 32.1. The van der Waals surface area contributed by atoms with Gasteiger partial charge in [0.15, 0.2) is 0 Å². The number of nitriles is 1. The van der Waals surface area contributed by atoms with Gasteiger partial charge in [0.2, 0.25) is 23.6 Å². The normalized spacial score (nSPS) is 18.9. The molecule has 4 aliphatic rings. The first-order chi connectivity index (χ1) is 51.5. The van der Waals surface area contributed by atoms with Crippen LogP contribution in [0.25, 0.3) is 21.2 Å². The first-order valence-corrected chi connectivity index (χ1v) is 37.9. The molecule has 106 heavy (non-hydrogen) atoms. The third kappa shape index (κ3) is 25.4. The molecule has 2 aromatic heterocycles. The molecule has 6 heterocycles. The second-order valence-electron chi connectivity index (χ2n) is 27.7. The highest BCUT2D eigenvalue weighted by Gasteiger charge is 2.45. The Balaban J connectivity index is 0.520. The van der Waals surface area contributed by atoms with Gasteiger partial charge in [-0.2, -0.15) is 15.2 Å². The summed E-state index contributed by atoms with van der Waals surface area (Å²) in [6.07, 6.45) is 2.26. The summed E-state index contributed by atoms with van der Waals surface area (Å²) in [5, 5.41) is 28.6. The topological polar surface area (TPSA) is 302 Å². The molecule has 5 aromatic rings. The lowest BCUT2D eigenvalue weighted by Gasteiger charge is -2.42. The second-order valence-corrected chi connectivity index (χ2v) is 28.6. The smallest absolute Gasteiger partial charge is 0.318 e. The van der Waals surface area contributed by atoms with E-state index in [0.717, 1.165) is 70.4 Å². The number of benzene rings is 3. The van der Waals surface area contributed by atoms with E-state index in [1.165, 1.54) is 21.7 Å². The molecule has 4 amide bonds. The number of aliphatic hydroxyl groups excluding tert-OH is 1. The number of thiazole rings is 1. The van der Waals surface area contributed by atoms with Gasteiger partial charge >= 0.3 is 6.01 Å². The van der Waals surface area contributed by atoms with Gasteiger partial charge in [-0.05, 0) is 67.8 Å². The van der Waals surface area contributed by atoms with Crippen molar-refractivity contribution in [1.29, 1.82) is 5.26 Å². The molecule has 3 N–H and O–H groups in total. The summed E-state index contributed by atoms with van der Waals surface area (Å²) in [5.41, 5.74) is 7.14. The number of carbonyl (C=O) groups is 4. The largest absolute Gasteiger partial charge is 0.462 e. The molecular weight excluding hydrogens is 1380 g/mol. The first-order valence-electron chi connectivity index (χ1n) is 37.0. The molecular formula is C77H109N11O17S. The number of hydrogen-bond donors (Lipinski definition) is 3. The number of likely N-dealkylation sites (N-methyl/N-ethyl adjacent to an activating group) is 1. The van der Waals surface area contributed by atoms with E-state index < -0.39 is 35.4 Å². The Labute approximate surface area is 627 Å². The van der Waals surface area contributed by atoms with Gasteiger partial charge in [0, 0.05) is 68.4 Å². The van der Waals surface area contributed by atoms with Gasteiger partial charge in [0.05, 0.1) is 197 Å². The molecule has 0 spiro atoms. The van der Waals surface area contributed by atoms with Crippen molar-refractivity contribution in [3.8, 4) is 22.5 Å². The Bertz CT molecular complexity index is 3580. The van der Waals surface area contributed by atoms with E-state index in [1.54, 1.807) is 16.2 Å². The Morgan fingerprint density at radius 1 is 0.698 bits per heavy atom. The molecule has 0 unspecified atom stereocenters. The highest BCUT2D eigenvalue weighted by molar-refractivity contribution is 7.13. The van der Waals surface area contributed by atoms with Gasteiger partial charge in [-0.15, -0.1) is 11.3 Å². The fourth-order valence-corrected chi connectivity index (χ4v) is 14.1. The molecule has 29 heteroatoms. The molecule has 580 valence electrons. The molecule has 3 saturated heterocycles. The maximum absolute atomic E-state index is 14.0. The van der Waals surface area contributed by atoms with E-state index in [1.807, 2.05) is 64.4 Å². The monoisotopic (exact) mass is 1490 g/mol. The fourth-order valence-electron chi connectivity index (χ4n) is 13.3. The van der Waals surface area contributed by atoms with Gasteiger partial charge in [-0.1, -0.05) is 88.0 Å². The number of hydrogen-bond acceptors (Lipinski definition) is 25. The number of fused-ring (bicyclic) bond motifs is 2. The van der Waals surface area contributed by atoms with E-state index in [0.29, 0.717) is 158 Å². The molecule has 28 nitrogen and oxygen atoms in total. The number of piperazine rings is 1. The Morgan fingerprint density at radius 3 is 1.88 bits per heavy atom. The summed E-state index contributed by atoms with van der Waals surface area (Å²) in [6, 6.07) is 22.9. The molecule has 7 atom stereocenters. The van der Waals surface area contributed by atoms with Crippen LogP contribution in [-0.2, 0) is 84.2 Å². The number of likely N-dealkylation sites (tertiary alicyclic amines) is 2. The molecule has 0 saturated carbocycles. The summed E-state index contributed by atoms with van der Waals surface area (Å²) in [4.78, 5) is 79.0. The number of ether oxygens (including phenoxy) is 12. The van der Waals surface area contributed by atoms with Gasteiger partial charge in [-0.3, -0.25) is 24.1 Å². The van der Waals surface area contributed by atoms with Gasteiger partial charge in [0.25, 0.3) is 0 Å². The lowest BCUT2D eigenvalue weighted by atomic mass is 9.85. The Hall–Kier alpha value is -7.38. The summed E-state index contributed by atoms with van der Waals surface area (Å²) >= 11 is 1.57. The standard InChI is InChI=1S/C77H109N11O17S/c1-8-70(91)87-25-24-86(48-60(87)20-22-78)73-65-21-23-85(67-15-11-13-58-12-9-10-14-64(58)67)51-66(65)81-76(83-73)105-52-61-46-63(50-84(61)7)104-45-44-102-41-40-100-37-36-98-33-32-96-29-28-94-26-27-95-30-31-97-34-35-99-38-39-101-42-43-103-53-69(90)82-72(77(4,5)6)75(93)88-49-62(89)47-68(88)74(92)80-55(2)57-16-18-59(19-17-57)71-56(3)79-54-106-71/h8-19,54-55,60-63,68,72,89H,1,20-21,23-53H2,2-7H3,(H,80,92)(H,82,90)/t55-,60-,61-,62+,63+,68-,72+/m0/s1. The minimum absolute atomic E-state index is 0.0233. The van der Waals surface area contributed by atoms with Crippen LogP contribution in [0.3, 0.4) is 0 Å². The van der Waals surface area contributed by atoms with Crippen molar-refractivity contribution in [1.82, 2.24) is 40.3 Å². The number of aromatic nitrogens is 3. The van der Waals surface area contributed by atoms with E-state index >= 15 is 0 Å². The molecule has 4 aliphatic heterocycles. The summed E-state index contributed by atoms with van der Waals surface area (Å²) in [5.74, 6) is -0.686. The number of carbonyl (C=O) groups excluding carboxylic acids is 4. The number of aryl methyl sites for hydroxylation is 1. The number of β-amino-alcohol motifs (C(OH)–C–C–N with tert-alkyl or cyclic N) is 1. The van der Waals surface area contributed by atoms with Crippen LogP contribution in [0.2, 0.25) is 0 Å². The number of anilines is 2. The number of aliphatic hydroxyl groups is 1. The average Bonchev–Trinajstić information content (AvgIpc) is 0.963. The van der Waals surface area contributed by atoms with Crippen LogP contribution in [0.1, 0.15) is 75.5 Å². The maximum Gasteiger partial charge on any atom is 0.318 e. The van der Waals surface area contributed by atoms with Gasteiger partial charge in [-0.25, -0.2) is 4.98 Å². The second kappa shape index (κ2) is 43.6. The number of nitrogens with zero attached hydrogens (tertiary/aromatic N) is 9. The van der Waals surface area contributed by atoms with Gasteiger partial charge in [0.1, 0.15) is 31.1 Å². The van der Waals surface area contributed by atoms with Crippen molar-refractivity contribution < 1.29 is 81.1 Å². The average molecular weight is 1490 g/mol. The zero-order chi connectivity index (χ0) is 75.1. The number of rotatable bonds is 46. The Morgan fingerprint density at radius 2 is 1.29 bits per heavy atom. The molecule has 3 aromatic carbocycles. The van der Waals surface area contributed by atoms with Crippen LogP contribution in [0.5, 0.6) is 6.01 Å². The van der Waals surface area contributed by atoms with E-state index in [9.17, 15) is 29.5 Å². The maximum atomic E-state index is 14.0. The summed E-state index contributed by atoms with van der Waals surface area (Å²) in [7, 11) is 2.08. The van der Waals surface area contributed by atoms with Crippen LogP contribution in [0, 0.1) is 23.7 Å². The van der Waals surface area contributed by atoms with Crippen molar-refractivity contribution in [3.63, 3.8) is 0 Å². The van der Waals surface area contributed by atoms with E-state index in [2.05, 4.69) is 92.5 Å². The third-order valence-electron chi connectivity index (χ3n) is 19.0. The van der Waals surface area contributed by atoms with Crippen LogP contribution >= 0.6 is 11.3 Å². The SMILES string of the molecule is C=CC(=O)N1CCN(c2nc(OC[C@@H]3C[C@@H](OCCOCCOCCOCCOCCOCCOCCOCCOCCOCCOCC(=O)N[C@H](C(=O)N4C[C@H](O)C[C@H]4C(=O)N[C@@H](C)c4ccc(-c5scnc5C)cc4)C(C)(C)C)CN3C)nc3c2CCN(c2cccc4ccccc24)C3)C[C@@H]1CC#N. The van der Waals surface area contributed by atoms with Crippen molar-refractivity contribution in [2.45, 2.75) is 109 Å². The fraction of sp³-hybridized carbons (Fsp3) is 0.610. The minimum Gasteiger partial charge on any atom is -0.462 e. The molecule has 3 fully saturated rings. The van der Waals surface area contributed by atoms with Crippen LogP contribution in [0.15, 0.2) is 84.9 Å². The van der Waals surface area contributed by atoms with E-state index in [-0.39, 0.29) is 75.3 Å². The first kappa shape index (κ1) is 82.7. The lowest BCUT2D eigenvalue weighted by molar-refractivity contribution is -0.144. The molecule has 0 aliphatic carbocycles. The zero-order valence-corrected chi connectivity index (χ0v) is 63.3. The summed E-state index contributed by atoms with van der Waals surface area (Å²) in [6.45, 7) is 24.7. The van der Waals surface area contributed by atoms with Crippen LogP contribution in [-0.4, -0.2) is 286 Å². The van der Waals surface area contributed by atoms with Crippen LogP contribution in [0.4, 0.5) is 11.5 Å². The summed E-state index contributed by atoms with van der Waals surface area (Å²) < 4.78 is 68.9. The van der Waals surface area contributed by atoms with Crippen LogP contribution < -0.4 is 25.2 Å². The lowest BCUT2D eigenvalue weighted by Crippen LogP contribution is -2.58. The quantitative estimate of drug-likeness (QED) is 0.0309. The predicted molar refractivity (Wildman–Crippen MR) is 400 cm³/mol. The number of nitrogens with one attached hydrogen (secondary N) is 2. The third-order valence-corrected chi connectivity index (χ3v) is 20.0. The predicted octanol–water partition coefficient (Wildman–Crippen LogP) is 5.75. The van der Waals surface area contributed by atoms with Crippen molar-refractivity contribution in [2.24, 2.45) is 5.41 Å². The molecule has 0 radical (unpaired) electrons. The van der Waals surface area contributed by atoms with Crippen molar-refractivity contribution in [2.75, 3.05) is 201 Å². The van der Waals surface area contributed by atoms with E-state index in [4.69, 9.17) is 66.8 Å². The number of amides is 4. The minimum atomic E-state index is -0.979. The molecule has 9 rings (SSSR count). The highest BCUT2D eigenvalue weighted by Crippen LogP contribution is 2.36. The van der Waals surface area contributed by atoms with Gasteiger partial charge < -0.3 is 92.2 Å². The zero-order valence-electron chi connectivity index (χ0n) is 62.5. The van der Waals surface area contributed by atoms with Crippen molar-refractivity contribution in [3.05, 3.63) is 107 Å². The van der Waals surface area contributed by atoms with Crippen molar-refractivity contribution >= 4 is 57.2 Å².